The number of carbonyl (C=O) groups is 1. The molecule has 1 saturated heterocycles. The van der Waals surface area contributed by atoms with Crippen LogP contribution in [-0.4, -0.2) is 40.9 Å². The lowest BCUT2D eigenvalue weighted by Gasteiger charge is -2.25. The molecule has 0 aromatic carbocycles. The maximum atomic E-state index is 12.1. The highest BCUT2D eigenvalue weighted by atomic mass is 16.6. The van der Waals surface area contributed by atoms with Gasteiger partial charge in [0.1, 0.15) is 5.60 Å². The van der Waals surface area contributed by atoms with Gasteiger partial charge < -0.3 is 14.7 Å². The van der Waals surface area contributed by atoms with Gasteiger partial charge >= 0.3 is 6.09 Å². The fourth-order valence-corrected chi connectivity index (χ4v) is 3.15. The van der Waals surface area contributed by atoms with Crippen molar-refractivity contribution in [3.8, 4) is 0 Å². The number of aliphatic hydroxyl groups is 1. The Hall–Kier alpha value is -1.03. The first-order valence-corrected chi connectivity index (χ1v) is 8.22. The van der Waals surface area contributed by atoms with E-state index in [4.69, 9.17) is 4.74 Å². The van der Waals surface area contributed by atoms with Gasteiger partial charge in [-0.2, -0.15) is 0 Å². The summed E-state index contributed by atoms with van der Waals surface area (Å²) in [5, 5.41) is 10.6. The molecular weight excluding hydrogens is 266 g/mol. The quantitative estimate of drug-likeness (QED) is 0.793. The zero-order valence-corrected chi connectivity index (χ0v) is 13.6. The van der Waals surface area contributed by atoms with Gasteiger partial charge in [-0.05, 0) is 58.4 Å². The summed E-state index contributed by atoms with van der Waals surface area (Å²) in [6, 6.07) is 0. The molecule has 1 amide bonds. The van der Waals surface area contributed by atoms with Crippen molar-refractivity contribution in [3.63, 3.8) is 0 Å². The second-order valence-corrected chi connectivity index (χ2v) is 7.30. The van der Waals surface area contributed by atoms with Crippen LogP contribution in [0.15, 0.2) is 11.6 Å². The van der Waals surface area contributed by atoms with Crippen LogP contribution in [-0.2, 0) is 4.74 Å². The van der Waals surface area contributed by atoms with Crippen LogP contribution in [0.5, 0.6) is 0 Å². The van der Waals surface area contributed by atoms with Gasteiger partial charge in [0.15, 0.2) is 0 Å². The van der Waals surface area contributed by atoms with Crippen molar-refractivity contribution in [2.75, 3.05) is 13.1 Å². The van der Waals surface area contributed by atoms with E-state index in [2.05, 4.69) is 6.08 Å². The van der Waals surface area contributed by atoms with Crippen LogP contribution in [0.2, 0.25) is 0 Å². The number of ether oxygens (including phenoxy) is 1. The van der Waals surface area contributed by atoms with Crippen molar-refractivity contribution in [2.45, 2.75) is 71.0 Å². The molecule has 2 aliphatic rings. The minimum Gasteiger partial charge on any atom is -0.444 e. The average Bonchev–Trinajstić information content (AvgIpc) is 2.72. The second-order valence-electron chi connectivity index (χ2n) is 7.30. The Morgan fingerprint density at radius 2 is 2.14 bits per heavy atom. The van der Waals surface area contributed by atoms with E-state index < -0.39 is 11.7 Å². The average molecular weight is 295 g/mol. The highest BCUT2D eigenvalue weighted by Gasteiger charge is 2.34. The smallest absolute Gasteiger partial charge is 0.410 e. The molecule has 4 heteroatoms. The Balaban J connectivity index is 1.89. The lowest BCUT2D eigenvalue weighted by molar-refractivity contribution is 0.0275. The van der Waals surface area contributed by atoms with Gasteiger partial charge in [-0.1, -0.05) is 12.5 Å². The molecule has 1 heterocycles. The molecule has 2 atom stereocenters. The molecule has 0 saturated carbocycles. The predicted octanol–water partition coefficient (Wildman–Crippen LogP) is 3.49. The molecule has 0 radical (unpaired) electrons. The molecule has 2 rings (SSSR count). The van der Waals surface area contributed by atoms with E-state index >= 15 is 0 Å². The van der Waals surface area contributed by atoms with Gasteiger partial charge in [0.25, 0.3) is 0 Å². The fraction of sp³-hybridized carbons (Fsp3) is 0.824. The minimum atomic E-state index is -0.461. The zero-order chi connectivity index (χ0) is 15.5. The molecule has 1 fully saturated rings. The molecule has 2 unspecified atom stereocenters. The van der Waals surface area contributed by atoms with Gasteiger partial charge in [-0.15, -0.1) is 0 Å². The van der Waals surface area contributed by atoms with E-state index in [0.29, 0.717) is 13.1 Å². The van der Waals surface area contributed by atoms with Crippen LogP contribution in [0.4, 0.5) is 4.79 Å². The van der Waals surface area contributed by atoms with Crippen molar-refractivity contribution in [1.29, 1.82) is 0 Å². The molecule has 0 aromatic rings. The fourth-order valence-electron chi connectivity index (χ4n) is 3.15. The minimum absolute atomic E-state index is 0.155. The van der Waals surface area contributed by atoms with Crippen LogP contribution in [0, 0.1) is 5.92 Å². The number of carbonyl (C=O) groups excluding carboxylic acids is 1. The summed E-state index contributed by atoms with van der Waals surface area (Å²) >= 11 is 0. The van der Waals surface area contributed by atoms with E-state index in [0.717, 1.165) is 19.3 Å². The molecule has 1 aliphatic heterocycles. The number of aliphatic hydroxyl groups excluding tert-OH is 1. The number of hydrogen-bond acceptors (Lipinski definition) is 3. The summed E-state index contributed by atoms with van der Waals surface area (Å²) < 4.78 is 5.41. The van der Waals surface area contributed by atoms with Crippen molar-refractivity contribution in [2.24, 2.45) is 5.92 Å². The van der Waals surface area contributed by atoms with E-state index in [-0.39, 0.29) is 12.0 Å². The topological polar surface area (TPSA) is 49.8 Å². The Bertz CT molecular complexity index is 397. The predicted molar refractivity (Wildman–Crippen MR) is 83.1 cm³/mol. The molecular formula is C17H29NO3. The van der Waals surface area contributed by atoms with Crippen LogP contribution in [0.1, 0.15) is 59.3 Å². The molecule has 0 spiro atoms. The van der Waals surface area contributed by atoms with Crippen molar-refractivity contribution >= 4 is 6.09 Å². The normalized spacial score (nSPS) is 25.2. The lowest BCUT2D eigenvalue weighted by Crippen LogP contribution is -2.36. The van der Waals surface area contributed by atoms with Gasteiger partial charge in [0, 0.05) is 19.0 Å². The Labute approximate surface area is 128 Å². The molecule has 120 valence electrons. The van der Waals surface area contributed by atoms with E-state index in [1.165, 1.54) is 24.8 Å². The summed E-state index contributed by atoms with van der Waals surface area (Å²) in [6.07, 6.45) is 8.16. The Kier molecular flexibility index (Phi) is 5.31. The van der Waals surface area contributed by atoms with Crippen LogP contribution < -0.4 is 0 Å². The monoisotopic (exact) mass is 295 g/mol. The third-order valence-electron chi connectivity index (χ3n) is 4.28. The number of amides is 1. The van der Waals surface area contributed by atoms with Crippen LogP contribution in [0.25, 0.3) is 0 Å². The van der Waals surface area contributed by atoms with E-state index in [1.807, 2.05) is 20.8 Å². The molecule has 1 N–H and O–H groups in total. The standard InChI is InChI=1S/C17H29NO3/c1-17(2,3)21-16(20)18-11-10-14(12-18)15(19)13-8-6-4-5-7-9-13/h8,14-15,19H,4-7,9-12H2,1-3H3. The van der Waals surface area contributed by atoms with E-state index in [1.54, 1.807) is 4.90 Å². The van der Waals surface area contributed by atoms with Gasteiger partial charge in [-0.3, -0.25) is 0 Å². The number of likely N-dealkylation sites (tertiary alicyclic amines) is 1. The summed E-state index contributed by atoms with van der Waals surface area (Å²) in [7, 11) is 0. The summed E-state index contributed by atoms with van der Waals surface area (Å²) in [5.74, 6) is 0.155. The van der Waals surface area contributed by atoms with Gasteiger partial charge in [0.05, 0.1) is 6.10 Å². The molecule has 4 nitrogen and oxygen atoms in total. The van der Waals surface area contributed by atoms with Crippen molar-refractivity contribution in [3.05, 3.63) is 11.6 Å². The second kappa shape index (κ2) is 6.82. The molecule has 21 heavy (non-hydrogen) atoms. The first-order chi connectivity index (χ1) is 9.87. The highest BCUT2D eigenvalue weighted by Crippen LogP contribution is 2.29. The first kappa shape index (κ1) is 16.3. The summed E-state index contributed by atoms with van der Waals surface area (Å²) in [6.45, 7) is 6.92. The Morgan fingerprint density at radius 1 is 1.38 bits per heavy atom. The molecule has 0 aromatic heterocycles. The number of rotatable bonds is 2. The third-order valence-corrected chi connectivity index (χ3v) is 4.28. The largest absolute Gasteiger partial charge is 0.444 e. The highest BCUT2D eigenvalue weighted by molar-refractivity contribution is 5.68. The maximum Gasteiger partial charge on any atom is 0.410 e. The lowest BCUT2D eigenvalue weighted by atomic mass is 9.92. The molecule has 0 bridgehead atoms. The first-order valence-electron chi connectivity index (χ1n) is 8.22. The van der Waals surface area contributed by atoms with Crippen molar-refractivity contribution in [1.82, 2.24) is 4.90 Å². The summed E-state index contributed by atoms with van der Waals surface area (Å²) in [4.78, 5) is 13.8. The van der Waals surface area contributed by atoms with Crippen molar-refractivity contribution < 1.29 is 14.6 Å². The number of nitrogens with zero attached hydrogens (tertiary/aromatic N) is 1. The maximum absolute atomic E-state index is 12.1. The Morgan fingerprint density at radius 3 is 2.86 bits per heavy atom. The van der Waals surface area contributed by atoms with Crippen LogP contribution >= 0.6 is 0 Å². The van der Waals surface area contributed by atoms with Crippen LogP contribution in [0.3, 0.4) is 0 Å². The SMILES string of the molecule is CC(C)(C)OC(=O)N1CCC(C(O)C2=CCCCCC2)C1. The summed E-state index contributed by atoms with van der Waals surface area (Å²) in [5.41, 5.74) is 0.723. The number of allylic oxidation sites excluding steroid dienone is 1. The zero-order valence-electron chi connectivity index (χ0n) is 13.6. The third kappa shape index (κ3) is 4.73. The van der Waals surface area contributed by atoms with Gasteiger partial charge in [0.2, 0.25) is 0 Å². The van der Waals surface area contributed by atoms with Gasteiger partial charge in [-0.25, -0.2) is 4.79 Å². The molecule has 1 aliphatic carbocycles. The van der Waals surface area contributed by atoms with E-state index in [9.17, 15) is 9.90 Å². The number of hydrogen-bond donors (Lipinski definition) is 1.